The molecule has 0 saturated carbocycles. The van der Waals surface area contributed by atoms with Gasteiger partial charge in [0.2, 0.25) is 0 Å². The highest BCUT2D eigenvalue weighted by atomic mass is 28.4. The molecule has 8 atom stereocenters. The summed E-state index contributed by atoms with van der Waals surface area (Å²) >= 11 is 0. The topological polar surface area (TPSA) is 295 Å². The molecular formula is C88H140N8O20Si2. The van der Waals surface area contributed by atoms with Crippen molar-refractivity contribution in [2.45, 2.75) is 286 Å². The molecule has 8 rings (SSSR count). The number of benzene rings is 4. The van der Waals surface area contributed by atoms with E-state index in [1.807, 2.05) is 177 Å². The molecule has 0 aromatic heterocycles. The maximum atomic E-state index is 13.0. The van der Waals surface area contributed by atoms with Gasteiger partial charge in [-0.05, 0) is 169 Å². The van der Waals surface area contributed by atoms with Gasteiger partial charge in [0.15, 0.2) is 16.6 Å². The zero-order chi connectivity index (χ0) is 88.7. The maximum Gasteiger partial charge on any atom is 0.410 e. The van der Waals surface area contributed by atoms with Crippen molar-refractivity contribution >= 4 is 65.4 Å². The largest absolute Gasteiger partial charge is 0.445 e. The Morgan fingerprint density at radius 1 is 0.314 bits per heavy atom. The van der Waals surface area contributed by atoms with Gasteiger partial charge in [0.1, 0.15) is 48.8 Å². The lowest BCUT2D eigenvalue weighted by atomic mass is 10.1. The molecule has 4 aromatic carbocycles. The number of aliphatic hydroxyl groups is 2. The second kappa shape index (κ2) is 43.5. The zero-order valence-electron chi connectivity index (χ0n) is 75.3. The van der Waals surface area contributed by atoms with E-state index in [0.29, 0.717) is 52.4 Å². The molecule has 4 fully saturated rings. The number of rotatable bonds is 16. The summed E-state index contributed by atoms with van der Waals surface area (Å²) in [6, 6.07) is 36.3. The van der Waals surface area contributed by atoms with Crippen molar-refractivity contribution in [1.82, 2.24) is 39.2 Å². The van der Waals surface area contributed by atoms with Crippen molar-refractivity contribution in [2.24, 2.45) is 0 Å². The minimum atomic E-state index is -2.09. The Kier molecular flexibility index (Phi) is 36.8. The van der Waals surface area contributed by atoms with Gasteiger partial charge in [0, 0.05) is 78.5 Å². The molecular weight excluding hydrogens is 1550 g/mol. The van der Waals surface area contributed by atoms with Gasteiger partial charge in [0.25, 0.3) is 0 Å². The SMILES string of the molecule is C[C@@H](O)[C@H]1CN(C(=O)OCc2ccccc2)CCN1C(=O)OC(C)(C)C.C[C@@H](O[Si](C)(C)C(C)(C)C)[C@H]1CN(C(=O)OCc2ccccc2)CCN1C(=O)OC(C)(C)C.C[C@H](O)[C@H]1CN(C(=O)OCc2ccccc2)CCN1C(=O)OC(C)(C)C.C[C@H](O[Si](C)(C)C(C)(C)C)[C@H]1CN(C(=O)OCc2ccccc2)CCN1C(=O)OC(C)(C)C. The van der Waals surface area contributed by atoms with Crippen molar-refractivity contribution in [3.8, 4) is 0 Å². The fourth-order valence-corrected chi connectivity index (χ4v) is 15.3. The maximum absolute atomic E-state index is 13.0. The lowest BCUT2D eigenvalue weighted by Gasteiger charge is -2.46. The Morgan fingerprint density at radius 2 is 0.500 bits per heavy atom. The molecule has 0 unspecified atom stereocenters. The molecule has 4 heterocycles. The van der Waals surface area contributed by atoms with E-state index in [9.17, 15) is 48.6 Å². The number of ether oxygens (including phenoxy) is 8. The van der Waals surface area contributed by atoms with Gasteiger partial charge >= 0.3 is 48.7 Å². The summed E-state index contributed by atoms with van der Waals surface area (Å²) in [6.45, 7) is 55.5. The van der Waals surface area contributed by atoms with E-state index in [1.165, 1.54) is 19.6 Å². The van der Waals surface area contributed by atoms with Gasteiger partial charge in [-0.3, -0.25) is 19.6 Å². The summed E-state index contributed by atoms with van der Waals surface area (Å²) in [7, 11) is -4.17. The first kappa shape index (κ1) is 99.9. The number of piperazine rings is 4. The minimum absolute atomic E-state index is 0.0287. The minimum Gasteiger partial charge on any atom is -0.445 e. The first-order valence-electron chi connectivity index (χ1n) is 41.1. The van der Waals surface area contributed by atoms with E-state index < -0.39 is 87.7 Å². The molecule has 0 spiro atoms. The summed E-state index contributed by atoms with van der Waals surface area (Å²) in [5, 5.41) is 20.2. The van der Waals surface area contributed by atoms with Crippen molar-refractivity contribution in [2.75, 3.05) is 78.5 Å². The highest BCUT2D eigenvalue weighted by molar-refractivity contribution is 6.74. The molecule has 28 nitrogen and oxygen atoms in total. The number of hydrogen-bond donors (Lipinski definition) is 2. The standard InChI is InChI=1S/2C25H42N2O5Si.2C19H28N2O5/c2*1-19(32-33(8,9)25(5,6)7)21-17-26(15-16-27(21)23(29)31-24(2,3)4)22(28)30-18-20-13-11-10-12-14-20;2*1-14(22)16-12-20(10-11-21(16)18(24)26-19(2,3)4)17(23)25-13-15-8-6-5-7-9-15/h2*10-14,19,21H,15-18H2,1-9H3;2*5-9,14,16,22H,10-13H2,1-4H3/t19-,21+;19-,21-;14-,16+;14-,16-/m0101/s1. The van der Waals surface area contributed by atoms with Crippen molar-refractivity contribution < 1.29 is 95.3 Å². The van der Waals surface area contributed by atoms with E-state index in [1.54, 1.807) is 75.0 Å². The van der Waals surface area contributed by atoms with Crippen molar-refractivity contribution in [3.63, 3.8) is 0 Å². The lowest BCUT2D eigenvalue weighted by Crippen LogP contribution is -2.62. The van der Waals surface area contributed by atoms with Gasteiger partial charge in [0.05, 0.1) is 48.6 Å². The fraction of sp³-hybridized carbons (Fsp3) is 0.636. The number of nitrogens with zero attached hydrogens (tertiary/aromatic N) is 8. The number of hydrogen-bond acceptors (Lipinski definition) is 20. The van der Waals surface area contributed by atoms with E-state index in [-0.39, 0.29) is 111 Å². The molecule has 118 heavy (non-hydrogen) atoms. The van der Waals surface area contributed by atoms with Crippen LogP contribution in [0.1, 0.15) is 175 Å². The second-order valence-corrected chi connectivity index (χ2v) is 47.1. The highest BCUT2D eigenvalue weighted by Gasteiger charge is 2.47. The van der Waals surface area contributed by atoms with Crippen LogP contribution in [0, 0.1) is 0 Å². The zero-order valence-corrected chi connectivity index (χ0v) is 77.3. The van der Waals surface area contributed by atoms with Crippen LogP contribution < -0.4 is 0 Å². The number of amides is 8. The molecule has 0 bridgehead atoms. The van der Waals surface area contributed by atoms with Gasteiger partial charge in [-0.15, -0.1) is 0 Å². The molecule has 8 amide bonds. The predicted molar refractivity (Wildman–Crippen MR) is 459 cm³/mol. The first-order valence-corrected chi connectivity index (χ1v) is 46.9. The van der Waals surface area contributed by atoms with Crippen molar-refractivity contribution in [3.05, 3.63) is 144 Å². The molecule has 0 radical (unpaired) electrons. The third kappa shape index (κ3) is 33.1. The Labute approximate surface area is 704 Å². The molecule has 30 heteroatoms. The summed E-state index contributed by atoms with van der Waals surface area (Å²) in [4.78, 5) is 114. The fourth-order valence-electron chi connectivity index (χ4n) is 12.4. The number of carbonyl (C=O) groups is 8. The van der Waals surface area contributed by atoms with E-state index in [0.717, 1.165) is 22.3 Å². The average molecular weight is 1690 g/mol. The molecule has 660 valence electrons. The van der Waals surface area contributed by atoms with Gasteiger partial charge in [-0.25, -0.2) is 38.4 Å². The summed E-state index contributed by atoms with van der Waals surface area (Å²) in [6.07, 6.45) is -5.52. The Balaban J connectivity index is 0.000000282. The molecule has 4 aliphatic rings. The number of carbonyl (C=O) groups excluding carboxylic acids is 8. The van der Waals surface area contributed by atoms with Crippen LogP contribution >= 0.6 is 0 Å². The van der Waals surface area contributed by atoms with Crippen LogP contribution in [-0.4, -0.2) is 264 Å². The van der Waals surface area contributed by atoms with E-state index in [4.69, 9.17) is 46.7 Å². The van der Waals surface area contributed by atoms with Gasteiger partial charge in [-0.2, -0.15) is 0 Å². The molecule has 0 aliphatic carbocycles. The highest BCUT2D eigenvalue weighted by Crippen LogP contribution is 2.40. The van der Waals surface area contributed by atoms with Crippen molar-refractivity contribution in [1.29, 1.82) is 0 Å². The third-order valence-corrected chi connectivity index (χ3v) is 30.0. The normalized spacial score (nSPS) is 18.8. The van der Waals surface area contributed by atoms with E-state index in [2.05, 4.69) is 67.7 Å². The van der Waals surface area contributed by atoms with Gasteiger partial charge < -0.3 is 76.6 Å². The number of aliphatic hydroxyl groups excluding tert-OH is 2. The van der Waals surface area contributed by atoms with Crippen LogP contribution in [-0.2, 0) is 73.2 Å². The predicted octanol–water partition coefficient (Wildman–Crippen LogP) is 16.6. The lowest BCUT2D eigenvalue weighted by molar-refractivity contribution is -0.0283. The van der Waals surface area contributed by atoms with Crippen LogP contribution in [0.3, 0.4) is 0 Å². The molecule has 2 N–H and O–H groups in total. The Bertz CT molecular complexity index is 3560. The van der Waals surface area contributed by atoms with E-state index >= 15 is 0 Å². The van der Waals surface area contributed by atoms with Crippen LogP contribution in [0.5, 0.6) is 0 Å². The monoisotopic (exact) mass is 1680 g/mol. The summed E-state index contributed by atoms with van der Waals surface area (Å²) in [5.74, 6) is 0. The quantitative estimate of drug-likeness (QED) is 0.0778. The van der Waals surface area contributed by atoms with Crippen LogP contribution in [0.25, 0.3) is 0 Å². The summed E-state index contributed by atoms with van der Waals surface area (Å²) in [5.41, 5.74) is 1.24. The Morgan fingerprint density at radius 3 is 0.678 bits per heavy atom. The smallest absolute Gasteiger partial charge is 0.410 e. The molecule has 4 aromatic rings. The van der Waals surface area contributed by atoms with Crippen LogP contribution in [0.4, 0.5) is 38.4 Å². The first-order chi connectivity index (χ1) is 54.6. The van der Waals surface area contributed by atoms with Gasteiger partial charge in [-0.1, -0.05) is 163 Å². The van der Waals surface area contributed by atoms with Crippen LogP contribution in [0.2, 0.25) is 36.3 Å². The molecule has 4 saturated heterocycles. The van der Waals surface area contributed by atoms with Crippen LogP contribution in [0.15, 0.2) is 121 Å². The Hall–Kier alpha value is -8.69. The summed E-state index contributed by atoms with van der Waals surface area (Å²) < 4.78 is 57.1. The average Bonchev–Trinajstić information content (AvgIpc) is 0.801. The second-order valence-electron chi connectivity index (χ2n) is 37.6. The molecule has 4 aliphatic heterocycles. The third-order valence-electron chi connectivity index (χ3n) is 20.8.